The number of hydrogen-bond acceptors (Lipinski definition) is 4. The molecule has 7 heteroatoms. The van der Waals surface area contributed by atoms with Crippen molar-refractivity contribution >= 4 is 11.4 Å². The lowest BCUT2D eigenvalue weighted by Gasteiger charge is -2.30. The van der Waals surface area contributed by atoms with E-state index in [0.717, 1.165) is 19.2 Å². The van der Waals surface area contributed by atoms with E-state index in [2.05, 4.69) is 10.7 Å². The first-order valence-electron chi connectivity index (χ1n) is 5.66. The number of nitrogens with one attached hydrogen (secondary N) is 2. The Hall–Kier alpha value is -1.47. The van der Waals surface area contributed by atoms with Crippen LogP contribution in [0, 0.1) is 0 Å². The molecule has 1 heterocycles. The molecule has 1 aliphatic rings. The van der Waals surface area contributed by atoms with Gasteiger partial charge in [-0.25, -0.2) is 5.01 Å². The van der Waals surface area contributed by atoms with E-state index in [-0.39, 0.29) is 11.4 Å². The van der Waals surface area contributed by atoms with Crippen molar-refractivity contribution in [2.24, 2.45) is 0 Å². The van der Waals surface area contributed by atoms with Gasteiger partial charge in [0, 0.05) is 26.2 Å². The highest BCUT2D eigenvalue weighted by atomic mass is 19.4. The Morgan fingerprint density at radius 1 is 1.22 bits per heavy atom. The van der Waals surface area contributed by atoms with Crippen LogP contribution in [0.1, 0.15) is 5.56 Å². The first-order chi connectivity index (χ1) is 8.48. The van der Waals surface area contributed by atoms with Crippen LogP contribution in [-0.4, -0.2) is 31.2 Å². The number of benzene rings is 1. The van der Waals surface area contributed by atoms with Gasteiger partial charge in [-0.3, -0.25) is 0 Å². The van der Waals surface area contributed by atoms with Crippen molar-refractivity contribution < 1.29 is 13.2 Å². The number of rotatable bonds is 2. The molecule has 0 amide bonds. The molecule has 100 valence electrons. The van der Waals surface area contributed by atoms with Gasteiger partial charge < -0.3 is 16.5 Å². The molecule has 1 saturated heterocycles. The summed E-state index contributed by atoms with van der Waals surface area (Å²) < 4.78 is 38.6. The SMILES string of the molecule is Nc1cccc(C(F)(F)F)c1NN1CCNCC1. The van der Waals surface area contributed by atoms with E-state index in [4.69, 9.17) is 5.73 Å². The molecule has 0 aliphatic carbocycles. The Bertz CT molecular complexity index is 413. The Morgan fingerprint density at radius 2 is 1.89 bits per heavy atom. The number of para-hydroxylation sites is 1. The van der Waals surface area contributed by atoms with E-state index in [1.807, 2.05) is 0 Å². The topological polar surface area (TPSA) is 53.3 Å². The van der Waals surface area contributed by atoms with E-state index >= 15 is 0 Å². The number of nitrogens with two attached hydrogens (primary N) is 1. The van der Waals surface area contributed by atoms with Gasteiger partial charge in [0.25, 0.3) is 0 Å². The van der Waals surface area contributed by atoms with Crippen LogP contribution in [0.3, 0.4) is 0 Å². The van der Waals surface area contributed by atoms with Crippen molar-refractivity contribution in [2.45, 2.75) is 6.18 Å². The third kappa shape index (κ3) is 2.85. The van der Waals surface area contributed by atoms with E-state index in [0.29, 0.717) is 13.1 Å². The number of anilines is 2. The number of alkyl halides is 3. The standard InChI is InChI=1S/C11H15F3N4/c12-11(13,14)8-2-1-3-9(15)10(8)17-18-6-4-16-5-7-18/h1-3,16-17H,4-7,15H2. The molecule has 1 aromatic rings. The van der Waals surface area contributed by atoms with E-state index < -0.39 is 11.7 Å². The second-order valence-corrected chi connectivity index (χ2v) is 4.12. The fourth-order valence-corrected chi connectivity index (χ4v) is 1.87. The Balaban J connectivity index is 2.25. The zero-order chi connectivity index (χ0) is 13.2. The number of hydrogen-bond donors (Lipinski definition) is 3. The largest absolute Gasteiger partial charge is 0.418 e. The summed E-state index contributed by atoms with van der Waals surface area (Å²) in [6, 6.07) is 3.79. The molecule has 0 unspecified atom stereocenters. The average Bonchev–Trinajstić information content (AvgIpc) is 2.32. The zero-order valence-electron chi connectivity index (χ0n) is 9.72. The van der Waals surface area contributed by atoms with Gasteiger partial charge in [-0.05, 0) is 12.1 Å². The van der Waals surface area contributed by atoms with Crippen molar-refractivity contribution in [1.29, 1.82) is 0 Å². The zero-order valence-corrected chi connectivity index (χ0v) is 9.72. The molecule has 1 aliphatic heterocycles. The second kappa shape index (κ2) is 5.03. The first kappa shape index (κ1) is 13.0. The molecule has 0 bridgehead atoms. The maximum Gasteiger partial charge on any atom is 0.418 e. The minimum absolute atomic E-state index is 0.0631. The van der Waals surface area contributed by atoms with E-state index in [1.165, 1.54) is 12.1 Å². The number of nitrogens with zero attached hydrogens (tertiary/aromatic N) is 1. The molecule has 18 heavy (non-hydrogen) atoms. The lowest BCUT2D eigenvalue weighted by Crippen LogP contribution is -2.46. The Labute approximate surface area is 103 Å². The van der Waals surface area contributed by atoms with Gasteiger partial charge in [0.15, 0.2) is 0 Å². The summed E-state index contributed by atoms with van der Waals surface area (Å²) in [5.41, 5.74) is 7.71. The fourth-order valence-electron chi connectivity index (χ4n) is 1.87. The predicted octanol–water partition coefficient (Wildman–Crippen LogP) is 1.52. The first-order valence-corrected chi connectivity index (χ1v) is 5.66. The quantitative estimate of drug-likeness (QED) is 0.706. The lowest BCUT2D eigenvalue weighted by atomic mass is 10.1. The van der Waals surface area contributed by atoms with E-state index in [1.54, 1.807) is 5.01 Å². The summed E-state index contributed by atoms with van der Waals surface area (Å²) in [4.78, 5) is 0. The highest BCUT2D eigenvalue weighted by Crippen LogP contribution is 2.37. The smallest absolute Gasteiger partial charge is 0.397 e. The van der Waals surface area contributed by atoms with Crippen LogP contribution in [0.2, 0.25) is 0 Å². The molecule has 0 spiro atoms. The second-order valence-electron chi connectivity index (χ2n) is 4.12. The molecule has 4 nitrogen and oxygen atoms in total. The van der Waals surface area contributed by atoms with Crippen LogP contribution in [0.5, 0.6) is 0 Å². The maximum absolute atomic E-state index is 12.9. The summed E-state index contributed by atoms with van der Waals surface area (Å²) in [5.74, 6) is 0. The predicted molar refractivity (Wildman–Crippen MR) is 63.9 cm³/mol. The van der Waals surface area contributed by atoms with Gasteiger partial charge in [-0.2, -0.15) is 13.2 Å². The van der Waals surface area contributed by atoms with Gasteiger partial charge in [-0.15, -0.1) is 0 Å². The molecule has 1 aromatic carbocycles. The van der Waals surface area contributed by atoms with Gasteiger partial charge in [0.2, 0.25) is 0 Å². The summed E-state index contributed by atoms with van der Waals surface area (Å²) in [6.45, 7) is 2.74. The molecule has 2 rings (SSSR count). The van der Waals surface area contributed by atoms with Crippen LogP contribution in [-0.2, 0) is 6.18 Å². The monoisotopic (exact) mass is 260 g/mol. The van der Waals surface area contributed by atoms with Crippen molar-refractivity contribution in [2.75, 3.05) is 37.3 Å². The summed E-state index contributed by atoms with van der Waals surface area (Å²) >= 11 is 0. The highest BCUT2D eigenvalue weighted by molar-refractivity contribution is 5.70. The van der Waals surface area contributed by atoms with Crippen molar-refractivity contribution in [3.8, 4) is 0 Å². The number of piperazine rings is 1. The Morgan fingerprint density at radius 3 is 2.50 bits per heavy atom. The molecule has 1 fully saturated rings. The number of nitrogen functional groups attached to an aromatic ring is 1. The van der Waals surface area contributed by atoms with Crippen LogP contribution in [0.25, 0.3) is 0 Å². The molecule has 0 atom stereocenters. The van der Waals surface area contributed by atoms with Gasteiger partial charge in [0.05, 0.1) is 16.9 Å². The van der Waals surface area contributed by atoms with Crippen molar-refractivity contribution in [3.05, 3.63) is 23.8 Å². The van der Waals surface area contributed by atoms with Gasteiger partial charge in [0.1, 0.15) is 0 Å². The third-order valence-corrected chi connectivity index (χ3v) is 2.79. The third-order valence-electron chi connectivity index (χ3n) is 2.79. The molecule has 0 radical (unpaired) electrons. The van der Waals surface area contributed by atoms with Crippen LogP contribution in [0.4, 0.5) is 24.5 Å². The summed E-state index contributed by atoms with van der Waals surface area (Å²) in [5, 5.41) is 4.86. The minimum atomic E-state index is -4.41. The number of halogens is 3. The molecule has 0 saturated carbocycles. The maximum atomic E-state index is 12.9. The summed E-state index contributed by atoms with van der Waals surface area (Å²) in [6.07, 6.45) is -4.41. The molecular formula is C11H15F3N4. The minimum Gasteiger partial charge on any atom is -0.397 e. The van der Waals surface area contributed by atoms with Gasteiger partial charge >= 0.3 is 6.18 Å². The Kier molecular flexibility index (Phi) is 3.63. The lowest BCUT2D eigenvalue weighted by molar-refractivity contribution is -0.137. The van der Waals surface area contributed by atoms with Crippen LogP contribution >= 0.6 is 0 Å². The number of hydrazine groups is 1. The van der Waals surface area contributed by atoms with E-state index in [9.17, 15) is 13.2 Å². The van der Waals surface area contributed by atoms with Gasteiger partial charge in [-0.1, -0.05) is 6.07 Å². The average molecular weight is 260 g/mol. The van der Waals surface area contributed by atoms with Crippen LogP contribution in [0.15, 0.2) is 18.2 Å². The van der Waals surface area contributed by atoms with Crippen molar-refractivity contribution in [3.63, 3.8) is 0 Å². The molecular weight excluding hydrogens is 245 g/mol. The summed E-state index contributed by atoms with van der Waals surface area (Å²) in [7, 11) is 0. The normalized spacial score (nSPS) is 17.7. The molecule has 4 N–H and O–H groups in total. The fraction of sp³-hybridized carbons (Fsp3) is 0.455. The van der Waals surface area contributed by atoms with Crippen LogP contribution < -0.4 is 16.5 Å². The molecule has 0 aromatic heterocycles. The highest BCUT2D eigenvalue weighted by Gasteiger charge is 2.34. The van der Waals surface area contributed by atoms with Crippen molar-refractivity contribution in [1.82, 2.24) is 10.3 Å².